The van der Waals surface area contributed by atoms with Crippen molar-refractivity contribution in [2.24, 2.45) is 5.73 Å². The Kier molecular flexibility index (Phi) is 3.51. The fourth-order valence-corrected chi connectivity index (χ4v) is 2.99. The normalized spacial score (nSPS) is 20.1. The molecule has 2 aromatic rings. The third kappa shape index (κ3) is 2.47. The van der Waals surface area contributed by atoms with Gasteiger partial charge in [0, 0.05) is 30.2 Å². The lowest BCUT2D eigenvalue weighted by molar-refractivity contribution is -0.137. The van der Waals surface area contributed by atoms with Crippen LogP contribution in [0.5, 0.6) is 0 Å². The van der Waals surface area contributed by atoms with Crippen LogP contribution in [0.1, 0.15) is 23.7 Å². The van der Waals surface area contributed by atoms with Crippen molar-refractivity contribution in [3.63, 3.8) is 0 Å². The Morgan fingerprint density at radius 1 is 1.38 bits per heavy atom. The average molecular weight is 336 g/mol. The zero-order valence-corrected chi connectivity index (χ0v) is 13.1. The number of aryl methyl sites for hydroxylation is 1. The maximum absolute atomic E-state index is 13.1. The lowest BCUT2D eigenvalue weighted by Gasteiger charge is -2.34. The quantitative estimate of drug-likeness (QED) is 0.915. The van der Waals surface area contributed by atoms with E-state index in [-0.39, 0.29) is 17.9 Å². The predicted molar refractivity (Wildman–Crippen MR) is 81.7 cm³/mol. The van der Waals surface area contributed by atoms with Crippen molar-refractivity contribution in [3.8, 4) is 0 Å². The van der Waals surface area contributed by atoms with Gasteiger partial charge in [0.15, 0.2) is 0 Å². The first-order chi connectivity index (χ1) is 11.1. The number of anilines is 2. The fraction of sp³-hybridized carbons (Fsp3) is 0.312. The zero-order valence-electron chi connectivity index (χ0n) is 13.1. The van der Waals surface area contributed by atoms with Gasteiger partial charge in [-0.05, 0) is 37.6 Å². The van der Waals surface area contributed by atoms with E-state index >= 15 is 0 Å². The molecule has 1 aliphatic rings. The highest BCUT2D eigenvalue weighted by molar-refractivity contribution is 5.94. The summed E-state index contributed by atoms with van der Waals surface area (Å²) in [6.45, 7) is 3.07. The number of amides is 1. The highest BCUT2D eigenvalue weighted by Gasteiger charge is 2.46. The van der Waals surface area contributed by atoms with Gasteiger partial charge in [0.1, 0.15) is 11.4 Å². The molecule has 0 fully saturated rings. The van der Waals surface area contributed by atoms with Crippen molar-refractivity contribution in [3.05, 3.63) is 47.4 Å². The van der Waals surface area contributed by atoms with Gasteiger partial charge in [-0.3, -0.25) is 9.78 Å². The summed E-state index contributed by atoms with van der Waals surface area (Å²) in [5, 5.41) is 0. The number of alkyl halides is 3. The van der Waals surface area contributed by atoms with Crippen LogP contribution in [0.15, 0.2) is 30.6 Å². The summed E-state index contributed by atoms with van der Waals surface area (Å²) >= 11 is 0. The Balaban J connectivity index is 2.22. The summed E-state index contributed by atoms with van der Waals surface area (Å²) in [7, 11) is 0. The molecule has 3 rings (SSSR count). The number of aromatic nitrogens is 2. The molecule has 1 amide bonds. The van der Waals surface area contributed by atoms with Crippen LogP contribution < -0.4 is 10.6 Å². The summed E-state index contributed by atoms with van der Waals surface area (Å²) in [6, 6.07) is 3.54. The van der Waals surface area contributed by atoms with Crippen molar-refractivity contribution in [1.82, 2.24) is 9.97 Å². The topological polar surface area (TPSA) is 72.1 Å². The molecule has 0 spiro atoms. The molecular weight excluding hydrogens is 321 g/mol. The molecule has 8 heteroatoms. The molecule has 0 saturated carbocycles. The van der Waals surface area contributed by atoms with Crippen LogP contribution in [0.2, 0.25) is 0 Å². The second-order valence-corrected chi connectivity index (χ2v) is 6.01. The second kappa shape index (κ2) is 5.19. The number of nitrogens with zero attached hydrogens (tertiary/aromatic N) is 3. The molecule has 126 valence electrons. The highest BCUT2D eigenvalue weighted by atomic mass is 19.4. The van der Waals surface area contributed by atoms with E-state index in [0.717, 1.165) is 17.7 Å². The zero-order chi connectivity index (χ0) is 17.7. The Bertz CT molecular complexity index is 821. The smallest absolute Gasteiger partial charge is 0.368 e. The number of carbonyl (C=O) groups excluding carboxylic acids is 1. The Labute approximate surface area is 136 Å². The minimum absolute atomic E-state index is 0.0357. The second-order valence-electron chi connectivity index (χ2n) is 6.01. The van der Waals surface area contributed by atoms with Gasteiger partial charge in [-0.25, -0.2) is 4.98 Å². The molecule has 1 atom stereocenters. The number of hydrogen-bond donors (Lipinski definition) is 1. The van der Waals surface area contributed by atoms with Crippen molar-refractivity contribution in [2.75, 3.05) is 4.90 Å². The third-order valence-corrected chi connectivity index (χ3v) is 4.17. The SMILES string of the molecule is Cc1cc(C(F)(F)F)cc(N2c3ccncc3CC2(C)C(N)=O)n1. The van der Waals surface area contributed by atoms with Gasteiger partial charge in [-0.2, -0.15) is 13.2 Å². The molecule has 2 N–H and O–H groups in total. The van der Waals surface area contributed by atoms with Crippen LogP contribution in [-0.2, 0) is 17.4 Å². The summed E-state index contributed by atoms with van der Waals surface area (Å²) in [5.74, 6) is -0.607. The third-order valence-electron chi connectivity index (χ3n) is 4.17. The fourth-order valence-electron chi connectivity index (χ4n) is 2.99. The molecule has 24 heavy (non-hydrogen) atoms. The number of pyridine rings is 2. The van der Waals surface area contributed by atoms with Gasteiger partial charge in [0.25, 0.3) is 0 Å². The summed E-state index contributed by atoms with van der Waals surface area (Å²) < 4.78 is 39.4. The average Bonchev–Trinajstić information content (AvgIpc) is 2.79. The minimum atomic E-state index is -4.51. The lowest BCUT2D eigenvalue weighted by atomic mass is 9.96. The summed E-state index contributed by atoms with van der Waals surface area (Å²) in [4.78, 5) is 21.7. The van der Waals surface area contributed by atoms with E-state index in [1.165, 1.54) is 18.0 Å². The molecule has 0 radical (unpaired) electrons. The predicted octanol–water partition coefficient (Wildman–Crippen LogP) is 2.74. The van der Waals surface area contributed by atoms with Gasteiger partial charge < -0.3 is 10.6 Å². The Morgan fingerprint density at radius 2 is 2.08 bits per heavy atom. The van der Waals surface area contributed by atoms with Crippen LogP contribution in [0.25, 0.3) is 0 Å². The molecule has 0 bridgehead atoms. The number of hydrogen-bond acceptors (Lipinski definition) is 4. The molecule has 0 saturated heterocycles. The van der Waals surface area contributed by atoms with Gasteiger partial charge in [-0.1, -0.05) is 0 Å². The van der Waals surface area contributed by atoms with Crippen LogP contribution in [-0.4, -0.2) is 21.4 Å². The molecule has 1 aliphatic heterocycles. The van der Waals surface area contributed by atoms with Crippen molar-refractivity contribution in [1.29, 1.82) is 0 Å². The number of rotatable bonds is 2. The summed E-state index contributed by atoms with van der Waals surface area (Å²) in [5.41, 5.74) is 5.03. The first-order valence-corrected chi connectivity index (χ1v) is 7.22. The Hall–Kier alpha value is -2.64. The van der Waals surface area contributed by atoms with Crippen LogP contribution >= 0.6 is 0 Å². The standard InChI is InChI=1S/C16H15F3N4O/c1-9-5-11(16(17,18)19)6-13(22-9)23-12-3-4-21-8-10(12)7-15(23,2)14(20)24/h3-6,8H,7H2,1-2H3,(H2,20,24). The molecule has 3 heterocycles. The van der Waals surface area contributed by atoms with E-state index in [1.807, 2.05) is 0 Å². The van der Waals surface area contributed by atoms with E-state index in [0.29, 0.717) is 5.69 Å². The van der Waals surface area contributed by atoms with Crippen molar-refractivity contribution >= 4 is 17.4 Å². The van der Waals surface area contributed by atoms with Gasteiger partial charge in [-0.15, -0.1) is 0 Å². The molecule has 0 aromatic carbocycles. The van der Waals surface area contributed by atoms with E-state index in [2.05, 4.69) is 9.97 Å². The largest absolute Gasteiger partial charge is 0.416 e. The van der Waals surface area contributed by atoms with Crippen LogP contribution in [0.3, 0.4) is 0 Å². The Morgan fingerprint density at radius 3 is 2.71 bits per heavy atom. The molecule has 2 aromatic heterocycles. The van der Waals surface area contributed by atoms with Gasteiger partial charge in [0.2, 0.25) is 5.91 Å². The van der Waals surface area contributed by atoms with E-state index in [4.69, 9.17) is 5.73 Å². The number of primary amides is 1. The van der Waals surface area contributed by atoms with Gasteiger partial charge >= 0.3 is 6.18 Å². The first kappa shape index (κ1) is 16.2. The minimum Gasteiger partial charge on any atom is -0.368 e. The van der Waals surface area contributed by atoms with Gasteiger partial charge in [0.05, 0.1) is 5.56 Å². The van der Waals surface area contributed by atoms with Crippen molar-refractivity contribution in [2.45, 2.75) is 32.0 Å². The number of nitrogens with two attached hydrogens (primary N) is 1. The van der Waals surface area contributed by atoms with Crippen LogP contribution in [0.4, 0.5) is 24.7 Å². The molecule has 5 nitrogen and oxygen atoms in total. The monoisotopic (exact) mass is 336 g/mol. The van der Waals surface area contributed by atoms with E-state index in [9.17, 15) is 18.0 Å². The lowest BCUT2D eigenvalue weighted by Crippen LogP contribution is -2.52. The van der Waals surface area contributed by atoms with E-state index < -0.39 is 23.2 Å². The maximum Gasteiger partial charge on any atom is 0.416 e. The molecular formula is C16H15F3N4O. The van der Waals surface area contributed by atoms with E-state index in [1.54, 1.807) is 19.2 Å². The maximum atomic E-state index is 13.1. The first-order valence-electron chi connectivity index (χ1n) is 7.22. The number of carbonyl (C=O) groups is 1. The summed E-state index contributed by atoms with van der Waals surface area (Å²) in [6.07, 6.45) is -1.16. The molecule has 0 aliphatic carbocycles. The number of fused-ring (bicyclic) bond motifs is 1. The number of halogens is 3. The molecule has 1 unspecified atom stereocenters. The highest BCUT2D eigenvalue weighted by Crippen LogP contribution is 2.44. The van der Waals surface area contributed by atoms with Crippen molar-refractivity contribution < 1.29 is 18.0 Å². The van der Waals surface area contributed by atoms with Crippen LogP contribution in [0, 0.1) is 6.92 Å².